The van der Waals surface area contributed by atoms with Crippen LogP contribution in [0.25, 0.3) is 0 Å². The third-order valence-electron chi connectivity index (χ3n) is 4.53. The maximum Gasteiger partial charge on any atom is 0.258 e. The Bertz CT molecular complexity index is 1230. The summed E-state index contributed by atoms with van der Waals surface area (Å²) in [7, 11) is 0. The molecule has 2 heterocycles. The fraction of sp³-hybridized carbons (Fsp3) is 0.182. The van der Waals surface area contributed by atoms with Gasteiger partial charge in [0, 0.05) is 20.0 Å². The van der Waals surface area contributed by atoms with Gasteiger partial charge in [-0.3, -0.25) is 20.2 Å². The lowest BCUT2D eigenvalue weighted by atomic mass is 10.2. The molecule has 0 radical (unpaired) electrons. The molecule has 0 fully saturated rings. The summed E-state index contributed by atoms with van der Waals surface area (Å²) < 4.78 is 1.78. The summed E-state index contributed by atoms with van der Waals surface area (Å²) >= 11 is 8.86. The van der Waals surface area contributed by atoms with Gasteiger partial charge >= 0.3 is 0 Å². The van der Waals surface area contributed by atoms with E-state index in [1.165, 1.54) is 22.7 Å². The fourth-order valence-electron chi connectivity index (χ4n) is 2.85. The summed E-state index contributed by atoms with van der Waals surface area (Å²) in [6, 6.07) is 14.8. The van der Waals surface area contributed by atoms with Gasteiger partial charge in [-0.25, -0.2) is 0 Å². The highest BCUT2D eigenvalue weighted by Crippen LogP contribution is 2.22. The topological polar surface area (TPSA) is 110 Å². The molecule has 180 valence electrons. The number of thioether (sulfide) groups is 1. The molecule has 8 nitrogen and oxygen atoms in total. The first kappa shape index (κ1) is 26.4. The maximum absolute atomic E-state index is 12.4. The number of hydrogen-bond donors (Lipinski definition) is 2. The number of nitrogens with zero attached hydrogens (tertiary/aromatic N) is 4. The number of nitrogens with one attached hydrogen (secondary N) is 2. The zero-order chi connectivity index (χ0) is 24.6. The fourth-order valence-corrected chi connectivity index (χ4v) is 6.72. The van der Waals surface area contributed by atoms with Crippen LogP contribution in [0.3, 0.4) is 0 Å². The molecule has 0 aliphatic rings. The largest absolute Gasteiger partial charge is 0.296 e. The van der Waals surface area contributed by atoms with Gasteiger partial charge in [0.15, 0.2) is 0 Å². The van der Waals surface area contributed by atoms with Crippen LogP contribution in [0.1, 0.15) is 30.7 Å². The SMILES string of the molecule is O=C(Nc1nnc(CCSCCc2nnc(NC(=O)c3ccccc3I)s2)s1)c1ccccc1I. The van der Waals surface area contributed by atoms with Crippen molar-refractivity contribution in [1.29, 1.82) is 0 Å². The van der Waals surface area contributed by atoms with Gasteiger partial charge in [-0.2, -0.15) is 11.8 Å². The average molecular weight is 748 g/mol. The zero-order valence-corrected chi connectivity index (χ0v) is 24.8. The molecule has 0 unspecified atom stereocenters. The molecule has 4 rings (SSSR count). The van der Waals surface area contributed by atoms with E-state index in [4.69, 9.17) is 0 Å². The smallest absolute Gasteiger partial charge is 0.258 e. The second-order valence-corrected chi connectivity index (χ2v) is 12.7. The minimum Gasteiger partial charge on any atom is -0.296 e. The van der Waals surface area contributed by atoms with Crippen molar-refractivity contribution in [3.63, 3.8) is 0 Å². The van der Waals surface area contributed by atoms with Gasteiger partial charge < -0.3 is 0 Å². The first-order valence-corrected chi connectivity index (χ1v) is 15.3. The molecule has 2 N–H and O–H groups in total. The van der Waals surface area contributed by atoms with Crippen LogP contribution in [0.15, 0.2) is 48.5 Å². The molecule has 0 bridgehead atoms. The summed E-state index contributed by atoms with van der Waals surface area (Å²) in [5.41, 5.74) is 1.24. The Morgan fingerprint density at radius 2 is 1.14 bits per heavy atom. The van der Waals surface area contributed by atoms with E-state index in [0.29, 0.717) is 21.4 Å². The third kappa shape index (κ3) is 7.65. The first-order chi connectivity index (χ1) is 17.0. The first-order valence-electron chi connectivity index (χ1n) is 10.3. The minimum absolute atomic E-state index is 0.182. The zero-order valence-electron chi connectivity index (χ0n) is 18.0. The number of aryl methyl sites for hydroxylation is 2. The van der Waals surface area contributed by atoms with Crippen LogP contribution in [0.2, 0.25) is 0 Å². The molecule has 0 atom stereocenters. The number of halogens is 2. The van der Waals surface area contributed by atoms with Gasteiger partial charge in [-0.1, -0.05) is 46.9 Å². The predicted octanol–water partition coefficient (Wildman–Crippen LogP) is 5.62. The number of amides is 2. The second-order valence-electron chi connectivity index (χ2n) is 6.98. The van der Waals surface area contributed by atoms with Crippen molar-refractivity contribution in [2.45, 2.75) is 12.8 Å². The van der Waals surface area contributed by atoms with Gasteiger partial charge in [0.05, 0.1) is 11.1 Å². The minimum atomic E-state index is -0.182. The number of rotatable bonds is 10. The van der Waals surface area contributed by atoms with Gasteiger partial charge in [0.25, 0.3) is 11.8 Å². The van der Waals surface area contributed by atoms with E-state index in [1.54, 1.807) is 23.9 Å². The van der Waals surface area contributed by atoms with E-state index in [0.717, 1.165) is 41.5 Å². The van der Waals surface area contributed by atoms with Crippen molar-refractivity contribution < 1.29 is 9.59 Å². The van der Waals surface area contributed by atoms with E-state index in [2.05, 4.69) is 76.2 Å². The van der Waals surface area contributed by atoms with Crippen molar-refractivity contribution in [1.82, 2.24) is 20.4 Å². The van der Waals surface area contributed by atoms with E-state index in [1.807, 2.05) is 36.4 Å². The molecule has 35 heavy (non-hydrogen) atoms. The van der Waals surface area contributed by atoms with Gasteiger partial charge in [-0.15, -0.1) is 20.4 Å². The van der Waals surface area contributed by atoms with Crippen molar-refractivity contribution in [2.24, 2.45) is 0 Å². The van der Waals surface area contributed by atoms with Crippen LogP contribution in [-0.4, -0.2) is 43.7 Å². The van der Waals surface area contributed by atoms with E-state index >= 15 is 0 Å². The molecule has 0 aliphatic carbocycles. The van der Waals surface area contributed by atoms with Crippen molar-refractivity contribution in [2.75, 3.05) is 22.1 Å². The normalized spacial score (nSPS) is 10.8. The number of carbonyl (C=O) groups is 2. The summed E-state index contributed by atoms with van der Waals surface area (Å²) in [6.07, 6.45) is 1.54. The van der Waals surface area contributed by atoms with Crippen LogP contribution < -0.4 is 10.6 Å². The van der Waals surface area contributed by atoms with Crippen LogP contribution >= 0.6 is 79.6 Å². The van der Waals surface area contributed by atoms with Gasteiger partial charge in [-0.05, 0) is 81.0 Å². The molecule has 0 aliphatic heterocycles. The molecule has 0 saturated heterocycles. The summed E-state index contributed by atoms with van der Waals surface area (Å²) in [5.74, 6) is 1.40. The summed E-state index contributed by atoms with van der Waals surface area (Å²) in [4.78, 5) is 24.8. The van der Waals surface area contributed by atoms with Crippen molar-refractivity contribution >= 4 is 102 Å². The number of aromatic nitrogens is 4. The third-order valence-corrected chi connectivity index (χ3v) is 9.20. The Morgan fingerprint density at radius 1 is 0.714 bits per heavy atom. The quantitative estimate of drug-likeness (QED) is 0.160. The molecular formula is C22H18I2N6O2S3. The Morgan fingerprint density at radius 3 is 1.57 bits per heavy atom. The van der Waals surface area contributed by atoms with Crippen molar-refractivity contribution in [3.05, 3.63) is 76.8 Å². The Hall–Kier alpha value is -1.69. The van der Waals surface area contributed by atoms with Crippen LogP contribution in [0, 0.1) is 7.14 Å². The average Bonchev–Trinajstić information content (AvgIpc) is 3.48. The number of benzene rings is 2. The number of anilines is 2. The monoisotopic (exact) mass is 748 g/mol. The second kappa shape index (κ2) is 13.0. The Kier molecular flexibility index (Phi) is 9.82. The van der Waals surface area contributed by atoms with E-state index < -0.39 is 0 Å². The molecule has 4 aromatic rings. The van der Waals surface area contributed by atoms with Crippen LogP contribution in [-0.2, 0) is 12.8 Å². The molecule has 0 saturated carbocycles. The molecule has 13 heteroatoms. The van der Waals surface area contributed by atoms with Crippen LogP contribution in [0.4, 0.5) is 10.3 Å². The summed E-state index contributed by atoms with van der Waals surface area (Å²) in [6.45, 7) is 0. The standard InChI is InChI=1S/C22H18I2N6O2S3/c23-15-7-3-1-5-13(15)19(31)25-21-29-27-17(34-21)9-11-33-12-10-18-28-30-22(35-18)26-20(32)14-6-2-4-8-16(14)24/h1-8H,9-12H2,(H,25,29,31)(H,26,30,32). The summed E-state index contributed by atoms with van der Waals surface area (Å²) in [5, 5.41) is 24.9. The molecule has 2 aromatic carbocycles. The molecule has 2 amide bonds. The Labute approximate surface area is 241 Å². The molecule has 2 aromatic heterocycles. The highest BCUT2D eigenvalue weighted by atomic mass is 127. The Balaban J connectivity index is 1.17. The lowest BCUT2D eigenvalue weighted by molar-refractivity contribution is 0.101. The number of carbonyl (C=O) groups excluding carboxylic acids is 2. The van der Waals surface area contributed by atoms with Crippen molar-refractivity contribution in [3.8, 4) is 0 Å². The molecular weight excluding hydrogens is 730 g/mol. The lowest BCUT2D eigenvalue weighted by Gasteiger charge is -2.03. The van der Waals surface area contributed by atoms with E-state index in [-0.39, 0.29) is 11.8 Å². The lowest BCUT2D eigenvalue weighted by Crippen LogP contribution is -2.13. The van der Waals surface area contributed by atoms with E-state index in [9.17, 15) is 9.59 Å². The van der Waals surface area contributed by atoms with Crippen LogP contribution in [0.5, 0.6) is 0 Å². The molecule has 0 spiro atoms. The van der Waals surface area contributed by atoms with Gasteiger partial charge in [0.1, 0.15) is 10.0 Å². The highest BCUT2D eigenvalue weighted by molar-refractivity contribution is 14.1. The highest BCUT2D eigenvalue weighted by Gasteiger charge is 2.14. The predicted molar refractivity (Wildman–Crippen MR) is 159 cm³/mol. The maximum atomic E-state index is 12.4. The number of hydrogen-bond acceptors (Lipinski definition) is 9. The van der Waals surface area contributed by atoms with Gasteiger partial charge in [0.2, 0.25) is 10.3 Å².